The van der Waals surface area contributed by atoms with Crippen LogP contribution in [0.15, 0.2) is 48.5 Å². The molecule has 1 aliphatic rings. The molecule has 3 nitrogen and oxygen atoms in total. The summed E-state index contributed by atoms with van der Waals surface area (Å²) in [5.41, 5.74) is 0.791. The first-order chi connectivity index (χ1) is 11.1. The first-order valence-electron chi connectivity index (χ1n) is 7.66. The maximum Gasteiger partial charge on any atom is 0.129 e. The average molecular weight is 319 g/mol. The van der Waals surface area contributed by atoms with E-state index in [-0.39, 0.29) is 24.0 Å². The molecule has 0 saturated carbocycles. The first-order valence-corrected chi connectivity index (χ1v) is 7.66. The number of hydrogen-bond acceptors (Lipinski definition) is 3. The van der Waals surface area contributed by atoms with Gasteiger partial charge in [-0.1, -0.05) is 36.4 Å². The van der Waals surface area contributed by atoms with Gasteiger partial charge in [0.15, 0.2) is 0 Å². The molecule has 1 fully saturated rings. The Bertz CT molecular complexity index is 663. The van der Waals surface area contributed by atoms with E-state index in [1.165, 1.54) is 12.1 Å². The summed E-state index contributed by atoms with van der Waals surface area (Å²) in [6.45, 7) is 1.82. The number of benzene rings is 2. The Hall–Kier alpha value is -1.82. The molecule has 1 aliphatic heterocycles. The summed E-state index contributed by atoms with van der Waals surface area (Å²) in [7, 11) is 0. The maximum atomic E-state index is 13.9. The number of halogens is 2. The lowest BCUT2D eigenvalue weighted by molar-refractivity contribution is -0.0440. The summed E-state index contributed by atoms with van der Waals surface area (Å²) < 4.78 is 33.3. The Morgan fingerprint density at radius 3 is 2.52 bits per heavy atom. The molecule has 2 unspecified atom stereocenters. The molecule has 1 saturated heterocycles. The van der Waals surface area contributed by atoms with Crippen molar-refractivity contribution in [3.8, 4) is 0 Å². The second kappa shape index (κ2) is 7.17. The molecule has 0 radical (unpaired) electrons. The highest BCUT2D eigenvalue weighted by Crippen LogP contribution is 2.26. The Balaban J connectivity index is 1.67. The second-order valence-corrected chi connectivity index (χ2v) is 5.68. The lowest BCUT2D eigenvalue weighted by Crippen LogP contribution is -2.40. The summed E-state index contributed by atoms with van der Waals surface area (Å²) in [5.74, 6) is -0.715. The largest absolute Gasteiger partial charge is 0.387 e. The van der Waals surface area contributed by atoms with Crippen molar-refractivity contribution >= 4 is 0 Å². The molecule has 2 atom stereocenters. The minimum absolute atomic E-state index is 0.279. The van der Waals surface area contributed by atoms with Crippen molar-refractivity contribution in [1.29, 1.82) is 0 Å². The zero-order valence-electron chi connectivity index (χ0n) is 12.7. The fraction of sp³-hybridized carbons (Fsp3) is 0.333. The highest BCUT2D eigenvalue weighted by Gasteiger charge is 2.26. The Morgan fingerprint density at radius 1 is 1.09 bits per heavy atom. The second-order valence-electron chi connectivity index (χ2n) is 5.68. The third-order valence-electron chi connectivity index (χ3n) is 4.10. The molecule has 1 heterocycles. The first kappa shape index (κ1) is 16.1. The van der Waals surface area contributed by atoms with Crippen LogP contribution in [0.4, 0.5) is 8.78 Å². The average Bonchev–Trinajstić information content (AvgIpc) is 2.56. The number of aliphatic hydroxyl groups excluding tert-OH is 1. The van der Waals surface area contributed by atoms with Gasteiger partial charge in [0.25, 0.3) is 0 Å². The number of aliphatic hydroxyl groups is 1. The van der Waals surface area contributed by atoms with Crippen LogP contribution in [-0.2, 0) is 4.74 Å². The van der Waals surface area contributed by atoms with Crippen molar-refractivity contribution < 1.29 is 18.6 Å². The van der Waals surface area contributed by atoms with Crippen LogP contribution >= 0.6 is 0 Å². The fourth-order valence-corrected chi connectivity index (χ4v) is 2.88. The number of nitrogens with zero attached hydrogens (tertiary/aromatic N) is 1. The minimum atomic E-state index is -0.921. The third-order valence-corrected chi connectivity index (χ3v) is 4.10. The van der Waals surface area contributed by atoms with Gasteiger partial charge in [-0.25, -0.2) is 8.78 Å². The monoisotopic (exact) mass is 319 g/mol. The topological polar surface area (TPSA) is 32.7 Å². The van der Waals surface area contributed by atoms with Crippen LogP contribution in [0, 0.1) is 11.6 Å². The number of ether oxygens (including phenoxy) is 1. The zero-order chi connectivity index (χ0) is 16.2. The van der Waals surface area contributed by atoms with Crippen molar-refractivity contribution in [2.45, 2.75) is 12.2 Å². The standard InChI is InChI=1S/C18H19F2NO2/c19-15-7-3-1-5-13(15)17(22)11-21-9-10-23-18(12-21)14-6-2-4-8-16(14)20/h1-8,17-18,22H,9-12H2. The lowest BCUT2D eigenvalue weighted by atomic mass is 10.1. The minimum Gasteiger partial charge on any atom is -0.387 e. The van der Waals surface area contributed by atoms with Crippen molar-refractivity contribution in [2.75, 3.05) is 26.2 Å². The van der Waals surface area contributed by atoms with E-state index in [2.05, 4.69) is 0 Å². The van der Waals surface area contributed by atoms with E-state index in [0.29, 0.717) is 25.3 Å². The quantitative estimate of drug-likeness (QED) is 0.940. The molecular formula is C18H19F2NO2. The van der Waals surface area contributed by atoms with Gasteiger partial charge in [0.05, 0.1) is 18.8 Å². The van der Waals surface area contributed by atoms with E-state index < -0.39 is 11.9 Å². The zero-order valence-corrected chi connectivity index (χ0v) is 12.7. The van der Waals surface area contributed by atoms with Crippen LogP contribution in [0.1, 0.15) is 23.3 Å². The van der Waals surface area contributed by atoms with E-state index in [0.717, 1.165) is 0 Å². The van der Waals surface area contributed by atoms with Gasteiger partial charge in [-0.15, -0.1) is 0 Å². The fourth-order valence-electron chi connectivity index (χ4n) is 2.88. The lowest BCUT2D eigenvalue weighted by Gasteiger charge is -2.34. The van der Waals surface area contributed by atoms with E-state index >= 15 is 0 Å². The molecule has 122 valence electrons. The Morgan fingerprint density at radius 2 is 1.78 bits per heavy atom. The van der Waals surface area contributed by atoms with Gasteiger partial charge in [0.1, 0.15) is 11.6 Å². The predicted molar refractivity (Wildman–Crippen MR) is 82.9 cm³/mol. The van der Waals surface area contributed by atoms with Crippen LogP contribution in [-0.4, -0.2) is 36.2 Å². The van der Waals surface area contributed by atoms with Gasteiger partial charge < -0.3 is 9.84 Å². The predicted octanol–water partition coefficient (Wildman–Crippen LogP) is 3.07. The van der Waals surface area contributed by atoms with Crippen LogP contribution in [0.25, 0.3) is 0 Å². The van der Waals surface area contributed by atoms with Gasteiger partial charge in [0.2, 0.25) is 0 Å². The molecule has 0 aromatic heterocycles. The van der Waals surface area contributed by atoms with E-state index in [1.807, 2.05) is 4.90 Å². The Kier molecular flexibility index (Phi) is 5.00. The van der Waals surface area contributed by atoms with Crippen molar-refractivity contribution in [3.05, 3.63) is 71.3 Å². The third kappa shape index (κ3) is 3.75. The Labute approximate surface area is 134 Å². The molecule has 0 aliphatic carbocycles. The molecule has 2 aromatic carbocycles. The van der Waals surface area contributed by atoms with Crippen LogP contribution in [0.3, 0.4) is 0 Å². The van der Waals surface area contributed by atoms with Gasteiger partial charge in [-0.3, -0.25) is 4.90 Å². The highest BCUT2D eigenvalue weighted by atomic mass is 19.1. The molecule has 0 amide bonds. The van der Waals surface area contributed by atoms with Gasteiger partial charge in [-0.2, -0.15) is 0 Å². The van der Waals surface area contributed by atoms with Crippen molar-refractivity contribution in [1.82, 2.24) is 4.90 Å². The van der Waals surface area contributed by atoms with Crippen LogP contribution in [0.5, 0.6) is 0 Å². The number of hydrogen-bond donors (Lipinski definition) is 1. The van der Waals surface area contributed by atoms with Crippen LogP contribution in [0.2, 0.25) is 0 Å². The molecule has 1 N–H and O–H groups in total. The number of β-amino-alcohol motifs (C(OH)–C–C–N with tert-alkyl or cyclic N) is 1. The molecule has 5 heteroatoms. The van der Waals surface area contributed by atoms with Gasteiger partial charge in [0, 0.05) is 30.8 Å². The summed E-state index contributed by atoms with van der Waals surface area (Å²) in [6.07, 6.45) is -1.30. The highest BCUT2D eigenvalue weighted by molar-refractivity contribution is 5.22. The summed E-state index contributed by atoms with van der Waals surface area (Å²) in [5, 5.41) is 10.3. The van der Waals surface area contributed by atoms with Gasteiger partial charge >= 0.3 is 0 Å². The van der Waals surface area contributed by atoms with Crippen molar-refractivity contribution in [3.63, 3.8) is 0 Å². The molecule has 23 heavy (non-hydrogen) atoms. The van der Waals surface area contributed by atoms with Gasteiger partial charge in [-0.05, 0) is 12.1 Å². The van der Waals surface area contributed by atoms with E-state index in [9.17, 15) is 13.9 Å². The molecule has 0 spiro atoms. The SMILES string of the molecule is OC(CN1CCOC(c2ccccc2F)C1)c1ccccc1F. The van der Waals surface area contributed by atoms with Crippen LogP contribution < -0.4 is 0 Å². The number of morpholine rings is 1. The number of rotatable bonds is 4. The molecule has 0 bridgehead atoms. The summed E-state index contributed by atoms with van der Waals surface area (Å²) in [4.78, 5) is 1.97. The van der Waals surface area contributed by atoms with Crippen molar-refractivity contribution in [2.24, 2.45) is 0 Å². The summed E-state index contributed by atoms with van der Waals surface area (Å²) >= 11 is 0. The normalized spacial score (nSPS) is 20.4. The van der Waals surface area contributed by atoms with E-state index in [4.69, 9.17) is 4.74 Å². The molecule has 3 rings (SSSR count). The molecule has 2 aromatic rings. The smallest absolute Gasteiger partial charge is 0.129 e. The summed E-state index contributed by atoms with van der Waals surface area (Å²) in [6, 6.07) is 12.7. The maximum absolute atomic E-state index is 13.9. The van der Waals surface area contributed by atoms with E-state index in [1.54, 1.807) is 36.4 Å². The molecular weight excluding hydrogens is 300 g/mol.